The van der Waals surface area contributed by atoms with E-state index in [9.17, 15) is 14.9 Å². The fraction of sp³-hybridized carbons (Fsp3) is 0.500. The second-order valence-electron chi connectivity index (χ2n) is 5.62. The van der Waals surface area contributed by atoms with Crippen LogP contribution in [0.2, 0.25) is 0 Å². The Kier molecular flexibility index (Phi) is 5.07. The molecule has 20 heavy (non-hydrogen) atoms. The third kappa shape index (κ3) is 4.53. The Hall–Kier alpha value is -2.11. The van der Waals surface area contributed by atoms with Crippen LogP contribution in [0.4, 0.5) is 11.4 Å². The molecule has 0 aliphatic rings. The number of nitrogens with one attached hydrogen (secondary N) is 2. The van der Waals surface area contributed by atoms with Gasteiger partial charge in [-0.2, -0.15) is 0 Å². The highest BCUT2D eigenvalue weighted by Crippen LogP contribution is 2.25. The van der Waals surface area contributed by atoms with Crippen LogP contribution in [0.15, 0.2) is 18.2 Å². The molecule has 6 heteroatoms. The van der Waals surface area contributed by atoms with E-state index in [1.807, 2.05) is 27.7 Å². The monoisotopic (exact) mass is 279 g/mol. The van der Waals surface area contributed by atoms with Crippen molar-refractivity contribution in [3.05, 3.63) is 33.9 Å². The molecule has 0 heterocycles. The Morgan fingerprint density at radius 3 is 2.50 bits per heavy atom. The molecule has 0 saturated carbocycles. The SMILES string of the molecule is CCCNc1cc(C(=O)NC(C)(C)C)ccc1[N+](=O)[O-]. The summed E-state index contributed by atoms with van der Waals surface area (Å²) in [5.74, 6) is -0.244. The van der Waals surface area contributed by atoms with E-state index >= 15 is 0 Å². The summed E-state index contributed by atoms with van der Waals surface area (Å²) < 4.78 is 0. The first-order chi connectivity index (χ1) is 9.24. The van der Waals surface area contributed by atoms with Gasteiger partial charge in [0.25, 0.3) is 11.6 Å². The molecule has 0 aliphatic heterocycles. The van der Waals surface area contributed by atoms with Gasteiger partial charge in [-0.05, 0) is 39.3 Å². The molecule has 0 atom stereocenters. The van der Waals surface area contributed by atoms with Gasteiger partial charge in [0.15, 0.2) is 0 Å². The van der Waals surface area contributed by atoms with Crippen LogP contribution in [-0.2, 0) is 0 Å². The molecular formula is C14H21N3O3. The summed E-state index contributed by atoms with van der Waals surface area (Å²) in [6, 6.07) is 4.35. The summed E-state index contributed by atoms with van der Waals surface area (Å²) in [6.07, 6.45) is 0.843. The number of rotatable bonds is 5. The van der Waals surface area contributed by atoms with Crippen LogP contribution in [-0.4, -0.2) is 22.9 Å². The van der Waals surface area contributed by atoms with E-state index in [1.165, 1.54) is 18.2 Å². The second kappa shape index (κ2) is 6.36. The minimum Gasteiger partial charge on any atom is -0.379 e. The lowest BCUT2D eigenvalue weighted by molar-refractivity contribution is -0.384. The molecule has 1 aromatic carbocycles. The predicted octanol–water partition coefficient (Wildman–Crippen LogP) is 2.95. The Morgan fingerprint density at radius 1 is 1.35 bits per heavy atom. The molecule has 1 aromatic rings. The van der Waals surface area contributed by atoms with Gasteiger partial charge >= 0.3 is 0 Å². The van der Waals surface area contributed by atoms with E-state index in [1.54, 1.807) is 0 Å². The lowest BCUT2D eigenvalue weighted by atomic mass is 10.1. The van der Waals surface area contributed by atoms with E-state index in [0.717, 1.165) is 6.42 Å². The standard InChI is InChI=1S/C14H21N3O3/c1-5-8-15-11-9-10(6-7-12(11)17(19)20)13(18)16-14(2,3)4/h6-7,9,15H,5,8H2,1-4H3,(H,16,18). The fourth-order valence-corrected chi connectivity index (χ4v) is 1.65. The summed E-state index contributed by atoms with van der Waals surface area (Å²) in [7, 11) is 0. The van der Waals surface area contributed by atoms with Crippen molar-refractivity contribution in [1.82, 2.24) is 5.32 Å². The number of carbonyl (C=O) groups is 1. The molecule has 1 amide bonds. The highest BCUT2D eigenvalue weighted by molar-refractivity contribution is 5.96. The van der Waals surface area contributed by atoms with Crippen LogP contribution in [0.25, 0.3) is 0 Å². The lowest BCUT2D eigenvalue weighted by Crippen LogP contribution is -2.40. The number of carbonyl (C=O) groups excluding carboxylic acids is 1. The van der Waals surface area contributed by atoms with Gasteiger partial charge in [0.2, 0.25) is 0 Å². The Bertz CT molecular complexity index is 507. The quantitative estimate of drug-likeness (QED) is 0.641. The molecule has 0 fully saturated rings. The van der Waals surface area contributed by atoms with Crippen LogP contribution < -0.4 is 10.6 Å². The molecule has 6 nitrogen and oxygen atoms in total. The molecule has 0 spiro atoms. The third-order valence-corrected chi connectivity index (χ3v) is 2.51. The molecule has 2 N–H and O–H groups in total. The predicted molar refractivity (Wildman–Crippen MR) is 79.1 cm³/mol. The smallest absolute Gasteiger partial charge is 0.292 e. The highest BCUT2D eigenvalue weighted by atomic mass is 16.6. The first kappa shape index (κ1) is 15.9. The van der Waals surface area contributed by atoms with Gasteiger partial charge in [-0.1, -0.05) is 6.92 Å². The number of anilines is 1. The first-order valence-corrected chi connectivity index (χ1v) is 6.59. The van der Waals surface area contributed by atoms with Gasteiger partial charge in [-0.25, -0.2) is 0 Å². The summed E-state index contributed by atoms with van der Waals surface area (Å²) in [6.45, 7) is 8.23. The maximum atomic E-state index is 12.1. The zero-order valence-electron chi connectivity index (χ0n) is 12.3. The van der Waals surface area contributed by atoms with Crippen molar-refractivity contribution in [2.24, 2.45) is 0 Å². The molecule has 110 valence electrons. The van der Waals surface area contributed by atoms with E-state index < -0.39 is 4.92 Å². The van der Waals surface area contributed by atoms with E-state index in [4.69, 9.17) is 0 Å². The van der Waals surface area contributed by atoms with Crippen molar-refractivity contribution in [2.45, 2.75) is 39.7 Å². The molecule has 0 aliphatic carbocycles. The third-order valence-electron chi connectivity index (χ3n) is 2.51. The number of hydrogen-bond acceptors (Lipinski definition) is 4. The van der Waals surface area contributed by atoms with Gasteiger partial charge in [-0.3, -0.25) is 14.9 Å². The molecular weight excluding hydrogens is 258 g/mol. The zero-order chi connectivity index (χ0) is 15.3. The van der Waals surface area contributed by atoms with Gasteiger partial charge in [0, 0.05) is 23.7 Å². The average Bonchev–Trinajstić information content (AvgIpc) is 2.33. The number of amides is 1. The number of nitrogens with zero attached hydrogens (tertiary/aromatic N) is 1. The number of benzene rings is 1. The summed E-state index contributed by atoms with van der Waals surface area (Å²) in [5, 5.41) is 16.8. The number of hydrogen-bond donors (Lipinski definition) is 2. The zero-order valence-corrected chi connectivity index (χ0v) is 12.3. The Balaban J connectivity index is 3.05. The van der Waals surface area contributed by atoms with E-state index in [0.29, 0.717) is 17.8 Å². The minimum atomic E-state index is -0.455. The summed E-state index contributed by atoms with van der Waals surface area (Å²) >= 11 is 0. The highest BCUT2D eigenvalue weighted by Gasteiger charge is 2.19. The molecule has 0 bridgehead atoms. The van der Waals surface area contributed by atoms with Crippen molar-refractivity contribution >= 4 is 17.3 Å². The minimum absolute atomic E-state index is 0.0224. The van der Waals surface area contributed by atoms with Crippen molar-refractivity contribution in [2.75, 3.05) is 11.9 Å². The van der Waals surface area contributed by atoms with Crippen LogP contribution in [0.1, 0.15) is 44.5 Å². The number of nitro benzene ring substituents is 1. The van der Waals surface area contributed by atoms with Crippen LogP contribution in [0, 0.1) is 10.1 Å². The van der Waals surface area contributed by atoms with Crippen molar-refractivity contribution in [3.63, 3.8) is 0 Å². The van der Waals surface area contributed by atoms with Crippen molar-refractivity contribution in [1.29, 1.82) is 0 Å². The summed E-state index contributed by atoms with van der Waals surface area (Å²) in [4.78, 5) is 22.6. The molecule has 1 rings (SSSR count). The van der Waals surface area contributed by atoms with Gasteiger partial charge in [0.05, 0.1) is 4.92 Å². The maximum Gasteiger partial charge on any atom is 0.292 e. The lowest BCUT2D eigenvalue weighted by Gasteiger charge is -2.20. The first-order valence-electron chi connectivity index (χ1n) is 6.59. The van der Waals surface area contributed by atoms with Crippen molar-refractivity contribution < 1.29 is 9.72 Å². The van der Waals surface area contributed by atoms with Crippen LogP contribution in [0.3, 0.4) is 0 Å². The second-order valence-corrected chi connectivity index (χ2v) is 5.62. The molecule has 0 aromatic heterocycles. The largest absolute Gasteiger partial charge is 0.379 e. The number of nitro groups is 1. The van der Waals surface area contributed by atoms with Gasteiger partial charge in [-0.15, -0.1) is 0 Å². The Morgan fingerprint density at radius 2 is 2.00 bits per heavy atom. The van der Waals surface area contributed by atoms with Crippen molar-refractivity contribution in [3.8, 4) is 0 Å². The topological polar surface area (TPSA) is 84.3 Å². The van der Waals surface area contributed by atoms with Crippen LogP contribution >= 0.6 is 0 Å². The van der Waals surface area contributed by atoms with E-state index in [-0.39, 0.29) is 17.1 Å². The van der Waals surface area contributed by atoms with Gasteiger partial charge in [0.1, 0.15) is 5.69 Å². The molecule has 0 unspecified atom stereocenters. The van der Waals surface area contributed by atoms with E-state index in [2.05, 4.69) is 10.6 Å². The molecule has 0 saturated heterocycles. The molecule has 0 radical (unpaired) electrons. The Labute approximate surface area is 118 Å². The average molecular weight is 279 g/mol. The van der Waals surface area contributed by atoms with Crippen LogP contribution in [0.5, 0.6) is 0 Å². The summed E-state index contributed by atoms with van der Waals surface area (Å²) in [5.41, 5.74) is 0.406. The van der Waals surface area contributed by atoms with Gasteiger partial charge < -0.3 is 10.6 Å². The fourth-order valence-electron chi connectivity index (χ4n) is 1.65. The normalized spacial score (nSPS) is 11.0. The maximum absolute atomic E-state index is 12.1.